The normalized spacial score (nSPS) is 23.7. The van der Waals surface area contributed by atoms with Gasteiger partial charge in [0.1, 0.15) is 10.7 Å². The third-order valence-electron chi connectivity index (χ3n) is 3.61. The van der Waals surface area contributed by atoms with Crippen LogP contribution in [-0.2, 0) is 11.3 Å². The molecule has 0 spiro atoms. The van der Waals surface area contributed by atoms with Gasteiger partial charge in [-0.3, -0.25) is 9.69 Å². The largest absolute Gasteiger partial charge is 0.374 e. The molecule has 0 bridgehead atoms. The van der Waals surface area contributed by atoms with E-state index in [0.717, 1.165) is 43.2 Å². The van der Waals surface area contributed by atoms with Crippen LogP contribution >= 0.6 is 11.5 Å². The average Bonchev–Trinajstić information content (AvgIpc) is 2.95. The highest BCUT2D eigenvalue weighted by Gasteiger charge is 2.39. The fraction of sp³-hybridized carbons (Fsp3) is 0.750. The fourth-order valence-electron chi connectivity index (χ4n) is 2.29. The molecule has 6 nitrogen and oxygen atoms in total. The van der Waals surface area contributed by atoms with Crippen molar-refractivity contribution >= 4 is 22.4 Å². The Morgan fingerprint density at radius 2 is 2.42 bits per heavy atom. The molecule has 0 aliphatic carbocycles. The van der Waals surface area contributed by atoms with Crippen molar-refractivity contribution in [3.8, 4) is 0 Å². The first kappa shape index (κ1) is 14.2. The number of nitrogens with one attached hydrogen (secondary N) is 1. The summed E-state index contributed by atoms with van der Waals surface area (Å²) in [6, 6.07) is 0. The van der Waals surface area contributed by atoms with Crippen LogP contribution in [0.5, 0.6) is 0 Å². The predicted molar refractivity (Wildman–Crippen MR) is 75.9 cm³/mol. The van der Waals surface area contributed by atoms with Crippen molar-refractivity contribution in [1.82, 2.24) is 14.5 Å². The van der Waals surface area contributed by atoms with Crippen LogP contribution in [0.15, 0.2) is 0 Å². The molecule has 2 rings (SSSR count). The number of hydrogen-bond donors (Lipinski definition) is 2. The number of hydrogen-bond acceptors (Lipinski definition) is 6. The Morgan fingerprint density at radius 3 is 3.05 bits per heavy atom. The monoisotopic (exact) mass is 283 g/mol. The van der Waals surface area contributed by atoms with Crippen molar-refractivity contribution in [3.05, 3.63) is 5.69 Å². The van der Waals surface area contributed by atoms with E-state index in [4.69, 9.17) is 5.73 Å². The lowest BCUT2D eigenvalue weighted by molar-refractivity contribution is -0.126. The van der Waals surface area contributed by atoms with Crippen molar-refractivity contribution < 1.29 is 4.79 Å². The second-order valence-electron chi connectivity index (χ2n) is 5.36. The first-order valence-corrected chi connectivity index (χ1v) is 7.40. The van der Waals surface area contributed by atoms with Gasteiger partial charge in [-0.15, -0.1) is 5.10 Å². The fourth-order valence-corrected chi connectivity index (χ4v) is 2.89. The summed E-state index contributed by atoms with van der Waals surface area (Å²) >= 11 is 1.39. The molecule has 2 heterocycles. The van der Waals surface area contributed by atoms with Crippen LogP contribution < -0.4 is 11.1 Å². The molecule has 106 valence electrons. The lowest BCUT2D eigenvalue weighted by Crippen LogP contribution is -2.37. The highest BCUT2D eigenvalue weighted by molar-refractivity contribution is 7.10. The molecule has 1 aliphatic heterocycles. The predicted octanol–water partition coefficient (Wildman–Crippen LogP) is 1.06. The van der Waals surface area contributed by atoms with Crippen molar-refractivity contribution in [2.75, 3.05) is 25.0 Å². The lowest BCUT2D eigenvalue weighted by Gasteiger charge is -2.20. The first-order chi connectivity index (χ1) is 9.05. The maximum absolute atomic E-state index is 11.4. The molecule has 19 heavy (non-hydrogen) atoms. The molecule has 1 unspecified atom stereocenters. The minimum absolute atomic E-state index is 0.212. The van der Waals surface area contributed by atoms with Crippen LogP contribution in [0.2, 0.25) is 0 Å². The molecule has 1 amide bonds. The Morgan fingerprint density at radius 1 is 1.63 bits per heavy atom. The highest BCUT2D eigenvalue weighted by atomic mass is 32.1. The summed E-state index contributed by atoms with van der Waals surface area (Å²) < 4.78 is 4.00. The zero-order chi connectivity index (χ0) is 13.9. The van der Waals surface area contributed by atoms with E-state index in [0.29, 0.717) is 6.54 Å². The number of nitrogens with two attached hydrogens (primary N) is 1. The topological polar surface area (TPSA) is 84.1 Å². The molecule has 1 aromatic rings. The maximum Gasteiger partial charge on any atom is 0.224 e. The summed E-state index contributed by atoms with van der Waals surface area (Å²) in [6.45, 7) is 7.29. The van der Waals surface area contributed by atoms with Crippen molar-refractivity contribution in [1.29, 1.82) is 0 Å². The average molecular weight is 283 g/mol. The van der Waals surface area contributed by atoms with Gasteiger partial charge in [-0.2, -0.15) is 0 Å². The molecule has 7 heteroatoms. The SMILES string of the molecule is CCCNc1snnc1CN1CCC(C)(C(N)=O)C1. The van der Waals surface area contributed by atoms with Crippen LogP contribution in [-0.4, -0.2) is 40.0 Å². The molecule has 0 aromatic carbocycles. The van der Waals surface area contributed by atoms with Crippen molar-refractivity contribution in [2.24, 2.45) is 11.1 Å². The summed E-state index contributed by atoms with van der Waals surface area (Å²) in [4.78, 5) is 13.7. The molecule has 0 saturated carbocycles. The van der Waals surface area contributed by atoms with E-state index in [-0.39, 0.29) is 5.91 Å². The van der Waals surface area contributed by atoms with Crippen LogP contribution in [0.4, 0.5) is 5.00 Å². The molecule has 1 aliphatic rings. The molecule has 1 aromatic heterocycles. The van der Waals surface area contributed by atoms with Gasteiger partial charge in [0.05, 0.1) is 5.41 Å². The molecule has 1 saturated heterocycles. The third kappa shape index (κ3) is 3.22. The minimum atomic E-state index is -0.402. The quantitative estimate of drug-likeness (QED) is 0.815. The third-order valence-corrected chi connectivity index (χ3v) is 4.34. The molecular formula is C12H21N5OS. The lowest BCUT2D eigenvalue weighted by atomic mass is 9.89. The summed E-state index contributed by atoms with van der Waals surface area (Å²) in [5, 5.41) is 8.55. The number of amides is 1. The van der Waals surface area contributed by atoms with E-state index in [2.05, 4.69) is 26.7 Å². The van der Waals surface area contributed by atoms with Gasteiger partial charge in [0.2, 0.25) is 5.91 Å². The van der Waals surface area contributed by atoms with Crippen LogP contribution in [0.3, 0.4) is 0 Å². The molecular weight excluding hydrogens is 262 g/mol. The summed E-state index contributed by atoms with van der Waals surface area (Å²) in [7, 11) is 0. The van der Waals surface area contributed by atoms with Gasteiger partial charge < -0.3 is 11.1 Å². The van der Waals surface area contributed by atoms with Gasteiger partial charge in [0.15, 0.2) is 0 Å². The standard InChI is InChI=1S/C12H21N5OS/c1-3-5-14-10-9(15-16-19-10)7-17-6-4-12(2,8-17)11(13)18/h14H,3-8H2,1-2H3,(H2,13,18). The molecule has 1 fully saturated rings. The Hall–Kier alpha value is -1.21. The summed E-state index contributed by atoms with van der Waals surface area (Å²) in [5.41, 5.74) is 6.02. The number of anilines is 1. The van der Waals surface area contributed by atoms with Gasteiger partial charge in [0, 0.05) is 31.2 Å². The van der Waals surface area contributed by atoms with Gasteiger partial charge in [-0.25, -0.2) is 0 Å². The maximum atomic E-state index is 11.4. The number of likely N-dealkylation sites (tertiary alicyclic amines) is 1. The van der Waals surface area contributed by atoms with Gasteiger partial charge in [-0.1, -0.05) is 11.4 Å². The second-order valence-corrected chi connectivity index (χ2v) is 6.12. The Balaban J connectivity index is 1.96. The van der Waals surface area contributed by atoms with Gasteiger partial charge >= 0.3 is 0 Å². The van der Waals surface area contributed by atoms with Crippen LogP contribution in [0, 0.1) is 5.41 Å². The van der Waals surface area contributed by atoms with E-state index in [9.17, 15) is 4.79 Å². The smallest absolute Gasteiger partial charge is 0.224 e. The van der Waals surface area contributed by atoms with Crippen LogP contribution in [0.1, 0.15) is 32.4 Å². The zero-order valence-electron chi connectivity index (χ0n) is 11.5. The number of primary amides is 1. The first-order valence-electron chi connectivity index (χ1n) is 6.62. The van der Waals surface area contributed by atoms with Crippen molar-refractivity contribution in [2.45, 2.75) is 33.2 Å². The van der Waals surface area contributed by atoms with E-state index in [1.807, 2.05) is 6.92 Å². The van der Waals surface area contributed by atoms with Gasteiger partial charge in [-0.05, 0) is 26.3 Å². The second kappa shape index (κ2) is 5.83. The minimum Gasteiger partial charge on any atom is -0.374 e. The molecule has 1 atom stereocenters. The molecule has 0 radical (unpaired) electrons. The van der Waals surface area contributed by atoms with E-state index < -0.39 is 5.41 Å². The van der Waals surface area contributed by atoms with Gasteiger partial charge in [0.25, 0.3) is 0 Å². The van der Waals surface area contributed by atoms with E-state index in [1.54, 1.807) is 0 Å². The van der Waals surface area contributed by atoms with E-state index in [1.165, 1.54) is 11.5 Å². The van der Waals surface area contributed by atoms with Crippen molar-refractivity contribution in [3.63, 3.8) is 0 Å². The van der Waals surface area contributed by atoms with E-state index >= 15 is 0 Å². The summed E-state index contributed by atoms with van der Waals surface area (Å²) in [5.74, 6) is -0.212. The summed E-state index contributed by atoms with van der Waals surface area (Å²) in [6.07, 6.45) is 1.89. The Labute approximate surface area is 117 Å². The highest BCUT2D eigenvalue weighted by Crippen LogP contribution is 2.31. The zero-order valence-corrected chi connectivity index (χ0v) is 12.3. The van der Waals surface area contributed by atoms with Crippen LogP contribution in [0.25, 0.3) is 0 Å². The number of carbonyl (C=O) groups excluding carboxylic acids is 1. The Kier molecular flexibility index (Phi) is 4.36. The Bertz CT molecular complexity index is 449. The number of carbonyl (C=O) groups is 1. The number of rotatable bonds is 6. The molecule has 3 N–H and O–H groups in total. The number of aromatic nitrogens is 2. The number of nitrogens with zero attached hydrogens (tertiary/aromatic N) is 3.